The average Bonchev–Trinajstić information content (AvgIpc) is 3.07. The first kappa shape index (κ1) is 21.9. The maximum atomic E-state index is 9.14. The molecular formula is C22H33NO2SSi. The second-order valence-electron chi connectivity index (χ2n) is 8.47. The van der Waals surface area contributed by atoms with Gasteiger partial charge in [0.25, 0.3) is 0 Å². The zero-order valence-corrected chi connectivity index (χ0v) is 19.3. The molecular weight excluding hydrogens is 370 g/mol. The maximum Gasteiger partial charge on any atom is 0.192 e. The molecule has 27 heavy (non-hydrogen) atoms. The van der Waals surface area contributed by atoms with Crippen LogP contribution in [0.25, 0.3) is 12.2 Å². The highest BCUT2D eigenvalue weighted by Crippen LogP contribution is 2.36. The third kappa shape index (κ3) is 6.31. The molecule has 0 fully saturated rings. The van der Waals surface area contributed by atoms with E-state index in [4.69, 9.17) is 9.53 Å². The van der Waals surface area contributed by atoms with Crippen LogP contribution in [0.2, 0.25) is 18.1 Å². The van der Waals surface area contributed by atoms with Gasteiger partial charge in [0.1, 0.15) is 0 Å². The second kappa shape index (κ2) is 9.19. The van der Waals surface area contributed by atoms with Crippen LogP contribution in [0.4, 0.5) is 5.69 Å². The Morgan fingerprint density at radius 2 is 1.81 bits per heavy atom. The van der Waals surface area contributed by atoms with Crippen LogP contribution in [0.1, 0.15) is 36.8 Å². The summed E-state index contributed by atoms with van der Waals surface area (Å²) in [5.41, 5.74) is 3.34. The third-order valence-electron chi connectivity index (χ3n) is 5.33. The van der Waals surface area contributed by atoms with Crippen LogP contribution in [0.5, 0.6) is 0 Å². The summed E-state index contributed by atoms with van der Waals surface area (Å²) >= 11 is 1.65. The monoisotopic (exact) mass is 403 g/mol. The van der Waals surface area contributed by atoms with Gasteiger partial charge in [0.15, 0.2) is 8.32 Å². The van der Waals surface area contributed by atoms with Crippen LogP contribution in [0.3, 0.4) is 0 Å². The zero-order valence-electron chi connectivity index (χ0n) is 17.5. The van der Waals surface area contributed by atoms with E-state index in [0.717, 1.165) is 23.6 Å². The van der Waals surface area contributed by atoms with E-state index < -0.39 is 8.32 Å². The summed E-state index contributed by atoms with van der Waals surface area (Å²) in [6.45, 7) is 13.2. The van der Waals surface area contributed by atoms with Crippen LogP contribution in [-0.2, 0) is 11.0 Å². The number of rotatable bonds is 8. The first-order valence-corrected chi connectivity index (χ1v) is 13.2. The topological polar surface area (TPSA) is 32.7 Å². The number of hydrogen-bond acceptors (Lipinski definition) is 4. The molecule has 0 radical (unpaired) electrons. The van der Waals surface area contributed by atoms with Crippen LogP contribution in [-0.4, -0.2) is 33.6 Å². The van der Waals surface area contributed by atoms with E-state index in [2.05, 4.69) is 82.2 Å². The highest BCUT2D eigenvalue weighted by atomic mass is 32.1. The highest BCUT2D eigenvalue weighted by molar-refractivity contribution is 7.11. The summed E-state index contributed by atoms with van der Waals surface area (Å²) in [4.78, 5) is 3.40. The number of hydrogen-bond donors (Lipinski definition) is 1. The van der Waals surface area contributed by atoms with Crippen LogP contribution in [0.15, 0.2) is 35.7 Å². The Morgan fingerprint density at radius 3 is 2.37 bits per heavy atom. The number of anilines is 1. The van der Waals surface area contributed by atoms with Crippen molar-refractivity contribution in [1.29, 1.82) is 0 Å². The minimum absolute atomic E-state index is 0.102. The fourth-order valence-corrected chi connectivity index (χ4v) is 4.20. The fraction of sp³-hybridized carbons (Fsp3) is 0.455. The van der Waals surface area contributed by atoms with Crippen LogP contribution >= 0.6 is 11.3 Å². The van der Waals surface area contributed by atoms with Crippen molar-refractivity contribution < 1.29 is 9.53 Å². The summed E-state index contributed by atoms with van der Waals surface area (Å²) in [6, 6.07) is 10.6. The lowest BCUT2D eigenvalue weighted by atomic mass is 10.1. The number of benzene rings is 1. The highest BCUT2D eigenvalue weighted by Gasteiger charge is 2.36. The molecule has 1 aromatic heterocycles. The predicted octanol–water partition coefficient (Wildman–Crippen LogP) is 5.87. The Morgan fingerprint density at radius 1 is 1.15 bits per heavy atom. The lowest BCUT2D eigenvalue weighted by Crippen LogP contribution is -2.42. The van der Waals surface area contributed by atoms with Crippen molar-refractivity contribution in [1.82, 2.24) is 0 Å². The van der Waals surface area contributed by atoms with Crippen molar-refractivity contribution in [2.75, 3.05) is 25.1 Å². The largest absolute Gasteiger partial charge is 0.415 e. The van der Waals surface area contributed by atoms with Gasteiger partial charge in [-0.3, -0.25) is 0 Å². The molecule has 2 aromatic rings. The smallest absolute Gasteiger partial charge is 0.192 e. The lowest BCUT2D eigenvalue weighted by molar-refractivity contribution is 0.282. The molecule has 0 bridgehead atoms. The molecule has 5 heteroatoms. The number of aliphatic hydroxyl groups excluding tert-OH is 1. The second-order valence-corrected chi connectivity index (χ2v) is 14.2. The summed E-state index contributed by atoms with van der Waals surface area (Å²) < 4.78 is 6.28. The summed E-state index contributed by atoms with van der Waals surface area (Å²) in [5.74, 6) is 0. The van der Waals surface area contributed by atoms with E-state index >= 15 is 0 Å². The van der Waals surface area contributed by atoms with Gasteiger partial charge in [-0.05, 0) is 58.9 Å². The van der Waals surface area contributed by atoms with Gasteiger partial charge in [0.2, 0.25) is 0 Å². The summed E-state index contributed by atoms with van der Waals surface area (Å²) in [6.07, 6.45) is 4.20. The SMILES string of the molecule is CN(CCO[Si](C)(C)C(C)(C)C)c1ccc(/C=C/c2cc(CO)cs2)cc1. The first-order valence-electron chi connectivity index (χ1n) is 9.44. The number of aliphatic hydroxyl groups is 1. The molecule has 0 aliphatic rings. The van der Waals surface area contributed by atoms with Gasteiger partial charge in [-0.25, -0.2) is 0 Å². The third-order valence-corrected chi connectivity index (χ3v) is 10.8. The van der Waals surface area contributed by atoms with Gasteiger partial charge in [-0.15, -0.1) is 11.3 Å². The van der Waals surface area contributed by atoms with E-state index in [9.17, 15) is 0 Å². The number of nitrogens with zero attached hydrogens (tertiary/aromatic N) is 1. The van der Waals surface area contributed by atoms with Crippen molar-refractivity contribution in [3.05, 3.63) is 51.7 Å². The molecule has 0 saturated carbocycles. The summed E-state index contributed by atoms with van der Waals surface area (Å²) in [7, 11) is 0.437. The predicted molar refractivity (Wildman–Crippen MR) is 122 cm³/mol. The molecule has 0 aliphatic carbocycles. The summed E-state index contributed by atoms with van der Waals surface area (Å²) in [5, 5.41) is 11.4. The maximum absolute atomic E-state index is 9.14. The molecule has 0 saturated heterocycles. The normalized spacial score (nSPS) is 12.7. The van der Waals surface area contributed by atoms with Gasteiger partial charge in [0.05, 0.1) is 13.2 Å². The van der Waals surface area contributed by atoms with Crippen molar-refractivity contribution in [2.45, 2.75) is 45.5 Å². The van der Waals surface area contributed by atoms with Crippen molar-refractivity contribution in [3.8, 4) is 0 Å². The van der Waals surface area contributed by atoms with Crippen molar-refractivity contribution in [3.63, 3.8) is 0 Å². The van der Waals surface area contributed by atoms with Gasteiger partial charge in [0, 0.05) is 24.2 Å². The Bertz CT molecular complexity index is 744. The average molecular weight is 404 g/mol. The van der Waals surface area contributed by atoms with Gasteiger partial charge >= 0.3 is 0 Å². The molecule has 148 valence electrons. The van der Waals surface area contributed by atoms with E-state index in [0.29, 0.717) is 0 Å². The van der Waals surface area contributed by atoms with E-state index in [1.54, 1.807) is 11.3 Å². The quantitative estimate of drug-likeness (QED) is 0.560. The Hall–Kier alpha value is -1.40. The lowest BCUT2D eigenvalue weighted by Gasteiger charge is -2.36. The zero-order chi connectivity index (χ0) is 20.1. The van der Waals surface area contributed by atoms with Crippen molar-refractivity contribution >= 4 is 37.5 Å². The Balaban J connectivity index is 1.88. The molecule has 0 unspecified atom stereocenters. The van der Waals surface area contributed by atoms with E-state index in [1.807, 2.05) is 11.4 Å². The van der Waals surface area contributed by atoms with Gasteiger partial charge in [-0.2, -0.15) is 0 Å². The minimum atomic E-state index is -1.68. The first-order chi connectivity index (χ1) is 12.6. The molecule has 0 atom stereocenters. The molecule has 0 aliphatic heterocycles. The molecule has 2 rings (SSSR count). The van der Waals surface area contributed by atoms with Gasteiger partial charge in [-0.1, -0.05) is 39.0 Å². The van der Waals surface area contributed by atoms with E-state index in [1.165, 1.54) is 11.3 Å². The molecule has 1 N–H and O–H groups in total. The molecule has 0 amide bonds. The van der Waals surface area contributed by atoms with Crippen molar-refractivity contribution in [2.24, 2.45) is 0 Å². The number of likely N-dealkylation sites (N-methyl/N-ethyl adjacent to an activating group) is 1. The molecule has 1 aromatic carbocycles. The van der Waals surface area contributed by atoms with Gasteiger partial charge < -0.3 is 14.4 Å². The number of thiophene rings is 1. The standard InChI is InChI=1S/C22H33NO2SSi/c1-22(2,3)27(5,6)25-14-13-23(4)20-10-7-18(8-11-20)9-12-21-15-19(16-24)17-26-21/h7-12,15,17,24H,13-14,16H2,1-6H3/b12-9+. The molecule has 0 spiro atoms. The Labute approximate surface area is 169 Å². The molecule has 3 nitrogen and oxygen atoms in total. The minimum Gasteiger partial charge on any atom is -0.415 e. The Kier molecular flexibility index (Phi) is 7.45. The van der Waals surface area contributed by atoms with Crippen LogP contribution in [0, 0.1) is 0 Å². The van der Waals surface area contributed by atoms with E-state index in [-0.39, 0.29) is 11.6 Å². The fourth-order valence-electron chi connectivity index (χ4n) is 2.37. The molecule has 1 heterocycles. The van der Waals surface area contributed by atoms with Crippen LogP contribution < -0.4 is 4.90 Å².